The van der Waals surface area contributed by atoms with E-state index in [0.29, 0.717) is 0 Å². The van der Waals surface area contributed by atoms with Gasteiger partial charge in [0.2, 0.25) is 0 Å². The highest BCUT2D eigenvalue weighted by Crippen LogP contribution is 2.42. The molecule has 5 heteroatoms. The molecule has 15 rings (SSSR count). The van der Waals surface area contributed by atoms with E-state index in [4.69, 9.17) is 4.42 Å². The van der Waals surface area contributed by atoms with Crippen molar-refractivity contribution in [3.05, 3.63) is 218 Å². The average Bonchev–Trinajstić information content (AvgIpc) is 4.16. The zero-order valence-electron chi connectivity index (χ0n) is 35.0. The van der Waals surface area contributed by atoms with Gasteiger partial charge in [-0.25, -0.2) is 0 Å². The largest absolute Gasteiger partial charge is 0.454 e. The smallest absolute Gasteiger partial charge is 0.159 e. The molecule has 5 nitrogen and oxygen atoms in total. The van der Waals surface area contributed by atoms with Crippen molar-refractivity contribution in [3.8, 4) is 22.7 Å². The highest BCUT2D eigenvalue weighted by atomic mass is 16.3. The Balaban J connectivity index is 0.907. The third-order valence-electron chi connectivity index (χ3n) is 13.9. The number of hydrogen-bond acceptors (Lipinski definition) is 1. The van der Waals surface area contributed by atoms with Crippen LogP contribution in [0.25, 0.3) is 132 Å². The molecule has 0 atom stereocenters. The van der Waals surface area contributed by atoms with Crippen molar-refractivity contribution in [1.29, 1.82) is 0 Å². The summed E-state index contributed by atoms with van der Waals surface area (Å²) in [5, 5.41) is 12.0. The monoisotopic (exact) mass is 828 g/mol. The molecule has 15 aromatic rings. The normalized spacial score (nSPS) is 12.3. The Labute approximate surface area is 371 Å². The third kappa shape index (κ3) is 4.71. The zero-order valence-corrected chi connectivity index (χ0v) is 35.0. The molecule has 65 heavy (non-hydrogen) atoms. The number of benzene rings is 10. The summed E-state index contributed by atoms with van der Waals surface area (Å²) in [6, 6.07) is 79.4. The van der Waals surface area contributed by atoms with Gasteiger partial charge in [-0.2, -0.15) is 0 Å². The molecule has 0 spiro atoms. The first kappa shape index (κ1) is 34.7. The number of nitrogens with zero attached hydrogens (tertiary/aromatic N) is 4. The predicted molar refractivity (Wildman–Crippen MR) is 271 cm³/mol. The maximum absolute atomic E-state index is 6.92. The summed E-state index contributed by atoms with van der Waals surface area (Å²) < 4.78 is 16.5. The van der Waals surface area contributed by atoms with E-state index in [1.54, 1.807) is 0 Å². The summed E-state index contributed by atoms with van der Waals surface area (Å²) in [6.45, 7) is 0. The highest BCUT2D eigenvalue weighted by Gasteiger charge is 2.21. The van der Waals surface area contributed by atoms with Gasteiger partial charge in [-0.15, -0.1) is 0 Å². The molecular formula is C60H36N4O. The van der Waals surface area contributed by atoms with Crippen LogP contribution in [-0.2, 0) is 0 Å². The minimum atomic E-state index is 0.861. The fraction of sp³-hybridized carbons (Fsp3) is 0. The lowest BCUT2D eigenvalue weighted by Gasteiger charge is -2.11. The topological polar surface area (TPSA) is 32.9 Å². The Kier molecular flexibility index (Phi) is 6.89. The van der Waals surface area contributed by atoms with Crippen LogP contribution in [0.4, 0.5) is 0 Å². The summed E-state index contributed by atoms with van der Waals surface area (Å²) in [5.41, 5.74) is 15.5. The number of rotatable bonds is 4. The Morgan fingerprint density at radius 2 is 0.554 bits per heavy atom. The average molecular weight is 829 g/mol. The van der Waals surface area contributed by atoms with Crippen LogP contribution in [0.1, 0.15) is 0 Å². The quantitative estimate of drug-likeness (QED) is 0.174. The van der Waals surface area contributed by atoms with Crippen LogP contribution in [0, 0.1) is 0 Å². The molecule has 0 aliphatic heterocycles. The van der Waals surface area contributed by atoms with Crippen molar-refractivity contribution in [3.63, 3.8) is 0 Å². The van der Waals surface area contributed by atoms with Crippen LogP contribution in [0.2, 0.25) is 0 Å². The van der Waals surface area contributed by atoms with Gasteiger partial charge in [-0.1, -0.05) is 121 Å². The second-order valence-corrected chi connectivity index (χ2v) is 17.3. The molecular weight excluding hydrogens is 793 g/mol. The van der Waals surface area contributed by atoms with Crippen molar-refractivity contribution >= 4 is 109 Å². The second kappa shape index (κ2) is 12.9. The molecule has 0 radical (unpaired) electrons. The Hall–Kier alpha value is -8.80. The van der Waals surface area contributed by atoms with Crippen LogP contribution >= 0.6 is 0 Å². The summed E-state index contributed by atoms with van der Waals surface area (Å²) >= 11 is 0. The first-order chi connectivity index (χ1) is 32.3. The summed E-state index contributed by atoms with van der Waals surface area (Å²) in [6.07, 6.45) is 0. The van der Waals surface area contributed by atoms with Crippen LogP contribution in [0.15, 0.2) is 223 Å². The lowest BCUT2D eigenvalue weighted by Crippen LogP contribution is -1.96. The van der Waals surface area contributed by atoms with Gasteiger partial charge >= 0.3 is 0 Å². The van der Waals surface area contributed by atoms with E-state index in [2.05, 4.69) is 237 Å². The van der Waals surface area contributed by atoms with Gasteiger partial charge in [0.15, 0.2) is 5.58 Å². The minimum absolute atomic E-state index is 0.861. The van der Waals surface area contributed by atoms with E-state index in [1.165, 1.54) is 70.7 Å². The number of para-hydroxylation sites is 7. The van der Waals surface area contributed by atoms with E-state index >= 15 is 0 Å². The molecule has 0 saturated carbocycles. The zero-order chi connectivity index (χ0) is 42.3. The van der Waals surface area contributed by atoms with Crippen LogP contribution < -0.4 is 0 Å². The molecule has 0 saturated heterocycles. The molecule has 0 unspecified atom stereocenters. The number of fused-ring (bicyclic) bond motifs is 15. The molecule has 5 heterocycles. The van der Waals surface area contributed by atoms with Gasteiger partial charge in [0.05, 0.1) is 49.8 Å². The van der Waals surface area contributed by atoms with E-state index in [-0.39, 0.29) is 0 Å². The van der Waals surface area contributed by atoms with Crippen molar-refractivity contribution in [2.75, 3.05) is 0 Å². The van der Waals surface area contributed by atoms with Gasteiger partial charge in [0, 0.05) is 70.9 Å². The van der Waals surface area contributed by atoms with Crippen molar-refractivity contribution < 1.29 is 4.42 Å². The Morgan fingerprint density at radius 3 is 1.00 bits per heavy atom. The van der Waals surface area contributed by atoms with Gasteiger partial charge in [-0.05, 0) is 97.1 Å². The third-order valence-corrected chi connectivity index (χ3v) is 13.9. The van der Waals surface area contributed by atoms with Crippen molar-refractivity contribution in [2.45, 2.75) is 0 Å². The molecule has 0 bridgehead atoms. The standard InChI is InChI=1S/C60H36N4O/c1-7-21-50-40(14-1)41-15-2-8-22-51(41)61(50)37-28-31-56-47(34-37)44-18-5-11-25-54(44)63(56)39-30-33-59-49(36-39)46-20-13-27-58(60(46)65-59)64-55-26-12-6-19-45(55)48-35-38(29-32-57(48)64)62-52-23-9-3-16-42(52)43-17-4-10-24-53(43)62/h1-36H. The first-order valence-electron chi connectivity index (χ1n) is 22.3. The maximum Gasteiger partial charge on any atom is 0.159 e. The molecule has 0 fully saturated rings. The number of hydrogen-bond donors (Lipinski definition) is 0. The van der Waals surface area contributed by atoms with E-state index in [1.807, 2.05) is 0 Å². The van der Waals surface area contributed by atoms with Crippen LogP contribution in [0.5, 0.6) is 0 Å². The van der Waals surface area contributed by atoms with Crippen molar-refractivity contribution in [2.24, 2.45) is 0 Å². The molecule has 0 aliphatic rings. The van der Waals surface area contributed by atoms with E-state index in [9.17, 15) is 0 Å². The van der Waals surface area contributed by atoms with E-state index in [0.717, 1.165) is 61.2 Å². The van der Waals surface area contributed by atoms with Gasteiger partial charge in [0.1, 0.15) is 5.58 Å². The Morgan fingerprint density at radius 1 is 0.231 bits per heavy atom. The van der Waals surface area contributed by atoms with Crippen LogP contribution in [0.3, 0.4) is 0 Å². The molecule has 302 valence electrons. The molecule has 10 aromatic carbocycles. The lowest BCUT2D eigenvalue weighted by molar-refractivity contribution is 0.666. The van der Waals surface area contributed by atoms with Gasteiger partial charge in [-0.3, -0.25) is 0 Å². The predicted octanol–water partition coefficient (Wildman–Crippen LogP) is 16.0. The Bertz CT molecular complexity index is 4380. The fourth-order valence-corrected chi connectivity index (χ4v) is 11.2. The minimum Gasteiger partial charge on any atom is -0.454 e. The number of furan rings is 1. The second-order valence-electron chi connectivity index (χ2n) is 17.3. The van der Waals surface area contributed by atoms with E-state index < -0.39 is 0 Å². The number of aromatic nitrogens is 4. The first-order valence-corrected chi connectivity index (χ1v) is 22.3. The summed E-state index contributed by atoms with van der Waals surface area (Å²) in [4.78, 5) is 0. The fourth-order valence-electron chi connectivity index (χ4n) is 11.2. The lowest BCUT2D eigenvalue weighted by atomic mass is 10.1. The molecule has 0 N–H and O–H groups in total. The summed E-state index contributed by atoms with van der Waals surface area (Å²) in [5.74, 6) is 0. The van der Waals surface area contributed by atoms with Gasteiger partial charge < -0.3 is 22.7 Å². The molecule has 0 amide bonds. The molecule has 5 aromatic heterocycles. The summed E-state index contributed by atoms with van der Waals surface area (Å²) in [7, 11) is 0. The highest BCUT2D eigenvalue weighted by molar-refractivity contribution is 6.16. The molecule has 0 aliphatic carbocycles. The van der Waals surface area contributed by atoms with Crippen molar-refractivity contribution in [1.82, 2.24) is 18.3 Å². The SMILES string of the molecule is c1cc(-n2c3ccccc3c3cc(-n4c5ccccc5c5ccccc54)ccc32)c2oc3ccc(-n4c5ccccc5c5cc(-n6c7ccccc7c7ccccc76)ccc54)cc3c2c1. The van der Waals surface area contributed by atoms with Crippen LogP contribution in [-0.4, -0.2) is 18.3 Å². The maximum atomic E-state index is 6.92. The van der Waals surface area contributed by atoms with Gasteiger partial charge in [0.25, 0.3) is 0 Å².